The summed E-state index contributed by atoms with van der Waals surface area (Å²) in [4.78, 5) is 0. The fourth-order valence-corrected chi connectivity index (χ4v) is 5.48. The molecule has 2 fully saturated rings. The van der Waals surface area contributed by atoms with Crippen LogP contribution in [0.4, 0.5) is 0 Å². The van der Waals surface area contributed by atoms with Crippen molar-refractivity contribution in [3.05, 3.63) is 0 Å². The summed E-state index contributed by atoms with van der Waals surface area (Å²) in [5, 5.41) is -0.142. The van der Waals surface area contributed by atoms with E-state index in [9.17, 15) is 8.42 Å². The van der Waals surface area contributed by atoms with Gasteiger partial charge in [0.2, 0.25) is 0 Å². The van der Waals surface area contributed by atoms with Gasteiger partial charge in [-0.1, -0.05) is 19.3 Å². The quantitative estimate of drug-likeness (QED) is 0.825. The molecular formula is C12H23NO2S. The van der Waals surface area contributed by atoms with Gasteiger partial charge in [-0.05, 0) is 38.0 Å². The Kier molecular flexibility index (Phi) is 3.90. The van der Waals surface area contributed by atoms with E-state index in [-0.39, 0.29) is 11.3 Å². The maximum Gasteiger partial charge on any atom is 0.153 e. The van der Waals surface area contributed by atoms with Crippen LogP contribution in [-0.2, 0) is 9.84 Å². The molecule has 94 valence electrons. The van der Waals surface area contributed by atoms with E-state index >= 15 is 0 Å². The van der Waals surface area contributed by atoms with Crippen molar-refractivity contribution in [3.63, 3.8) is 0 Å². The summed E-state index contributed by atoms with van der Waals surface area (Å²) in [5.41, 5.74) is 5.87. The largest absolute Gasteiger partial charge is 0.328 e. The van der Waals surface area contributed by atoms with E-state index in [1.807, 2.05) is 0 Å². The lowest BCUT2D eigenvalue weighted by molar-refractivity contribution is 0.429. The molecule has 0 aromatic carbocycles. The van der Waals surface area contributed by atoms with Crippen molar-refractivity contribution < 1.29 is 8.42 Å². The molecule has 4 heteroatoms. The third kappa shape index (κ3) is 2.98. The number of hydrogen-bond acceptors (Lipinski definition) is 3. The van der Waals surface area contributed by atoms with Crippen LogP contribution in [-0.4, -0.2) is 25.5 Å². The molecule has 2 unspecified atom stereocenters. The van der Waals surface area contributed by atoms with Crippen molar-refractivity contribution in [1.29, 1.82) is 0 Å². The highest BCUT2D eigenvalue weighted by Crippen LogP contribution is 2.30. The highest BCUT2D eigenvalue weighted by Gasteiger charge is 2.32. The van der Waals surface area contributed by atoms with E-state index in [2.05, 4.69) is 0 Å². The van der Waals surface area contributed by atoms with Crippen LogP contribution in [0.15, 0.2) is 0 Å². The van der Waals surface area contributed by atoms with Crippen molar-refractivity contribution in [1.82, 2.24) is 0 Å². The second kappa shape index (κ2) is 5.05. The van der Waals surface area contributed by atoms with Gasteiger partial charge in [-0.25, -0.2) is 8.42 Å². The van der Waals surface area contributed by atoms with Crippen LogP contribution in [0.1, 0.15) is 51.4 Å². The van der Waals surface area contributed by atoms with Crippen molar-refractivity contribution in [2.75, 3.05) is 5.75 Å². The third-order valence-corrected chi connectivity index (χ3v) is 6.50. The fraction of sp³-hybridized carbons (Fsp3) is 1.00. The van der Waals surface area contributed by atoms with Crippen molar-refractivity contribution >= 4 is 9.84 Å². The highest BCUT2D eigenvalue weighted by atomic mass is 32.2. The van der Waals surface area contributed by atoms with Gasteiger partial charge in [0, 0.05) is 6.04 Å². The Balaban J connectivity index is 1.94. The van der Waals surface area contributed by atoms with Gasteiger partial charge in [0.1, 0.15) is 0 Å². The Morgan fingerprint density at radius 3 is 2.31 bits per heavy atom. The van der Waals surface area contributed by atoms with Crippen LogP contribution in [0.3, 0.4) is 0 Å². The minimum absolute atomic E-state index is 0.108. The SMILES string of the molecule is NC1CCCC(S(=O)(=O)CC2CCCC2)C1. The number of rotatable bonds is 3. The first kappa shape index (κ1) is 12.4. The topological polar surface area (TPSA) is 60.2 Å². The molecule has 0 bridgehead atoms. The molecule has 0 aromatic rings. The van der Waals surface area contributed by atoms with Crippen molar-refractivity contribution in [3.8, 4) is 0 Å². The Labute approximate surface area is 98.7 Å². The smallest absolute Gasteiger partial charge is 0.153 e. The first-order valence-electron chi connectivity index (χ1n) is 6.55. The lowest BCUT2D eigenvalue weighted by Crippen LogP contribution is -2.37. The van der Waals surface area contributed by atoms with E-state index in [0.29, 0.717) is 18.1 Å². The number of sulfone groups is 1. The monoisotopic (exact) mass is 245 g/mol. The zero-order valence-corrected chi connectivity index (χ0v) is 10.7. The van der Waals surface area contributed by atoms with Crippen LogP contribution in [0.5, 0.6) is 0 Å². The average molecular weight is 245 g/mol. The molecule has 0 saturated heterocycles. The second-order valence-electron chi connectivity index (χ2n) is 5.53. The summed E-state index contributed by atoms with van der Waals surface area (Å²) in [7, 11) is -2.88. The van der Waals surface area contributed by atoms with E-state index < -0.39 is 9.84 Å². The van der Waals surface area contributed by atoms with Gasteiger partial charge < -0.3 is 5.73 Å². The lowest BCUT2D eigenvalue weighted by atomic mass is 9.96. The van der Waals surface area contributed by atoms with E-state index in [0.717, 1.165) is 32.1 Å². The lowest BCUT2D eigenvalue weighted by Gasteiger charge is -2.27. The van der Waals surface area contributed by atoms with Gasteiger partial charge in [-0.3, -0.25) is 0 Å². The van der Waals surface area contributed by atoms with Crippen molar-refractivity contribution in [2.45, 2.75) is 62.7 Å². The van der Waals surface area contributed by atoms with Crippen LogP contribution in [0, 0.1) is 5.92 Å². The molecule has 3 nitrogen and oxygen atoms in total. The summed E-state index contributed by atoms with van der Waals surface area (Å²) < 4.78 is 24.5. The van der Waals surface area contributed by atoms with Crippen LogP contribution in [0.25, 0.3) is 0 Å². The molecule has 0 heterocycles. The maximum absolute atomic E-state index is 12.2. The Bertz CT molecular complexity index is 320. The van der Waals surface area contributed by atoms with E-state index in [4.69, 9.17) is 5.73 Å². The highest BCUT2D eigenvalue weighted by molar-refractivity contribution is 7.92. The molecule has 16 heavy (non-hydrogen) atoms. The summed E-state index contributed by atoms with van der Waals surface area (Å²) in [6.45, 7) is 0. The molecular weight excluding hydrogens is 222 g/mol. The fourth-order valence-electron chi connectivity index (χ4n) is 3.15. The first-order valence-corrected chi connectivity index (χ1v) is 8.26. The average Bonchev–Trinajstić information content (AvgIpc) is 2.70. The van der Waals surface area contributed by atoms with Gasteiger partial charge in [0.15, 0.2) is 9.84 Å². The van der Waals surface area contributed by atoms with Crippen LogP contribution >= 0.6 is 0 Å². The normalized spacial score (nSPS) is 33.1. The summed E-state index contributed by atoms with van der Waals surface area (Å²) >= 11 is 0. The van der Waals surface area contributed by atoms with E-state index in [1.165, 1.54) is 12.8 Å². The molecule has 0 radical (unpaired) electrons. The first-order chi connectivity index (χ1) is 7.58. The molecule has 0 spiro atoms. The zero-order valence-electron chi connectivity index (χ0n) is 9.90. The molecule has 0 aromatic heterocycles. The van der Waals surface area contributed by atoms with Gasteiger partial charge in [-0.15, -0.1) is 0 Å². The standard InChI is InChI=1S/C12H23NO2S/c13-11-6-3-7-12(8-11)16(14,15)9-10-4-1-2-5-10/h10-12H,1-9,13H2. The van der Waals surface area contributed by atoms with Crippen molar-refractivity contribution in [2.24, 2.45) is 11.7 Å². The molecule has 0 amide bonds. The molecule has 2 N–H and O–H groups in total. The van der Waals surface area contributed by atoms with Gasteiger partial charge >= 0.3 is 0 Å². The molecule has 0 aliphatic heterocycles. The Morgan fingerprint density at radius 1 is 1.00 bits per heavy atom. The number of nitrogens with two attached hydrogens (primary N) is 1. The van der Waals surface area contributed by atoms with Crippen LogP contribution in [0.2, 0.25) is 0 Å². The minimum atomic E-state index is -2.88. The van der Waals surface area contributed by atoms with Gasteiger partial charge in [0.05, 0.1) is 11.0 Å². The van der Waals surface area contributed by atoms with Crippen LogP contribution < -0.4 is 5.73 Å². The van der Waals surface area contributed by atoms with Gasteiger partial charge in [-0.2, -0.15) is 0 Å². The Morgan fingerprint density at radius 2 is 1.69 bits per heavy atom. The second-order valence-corrected chi connectivity index (χ2v) is 7.85. The molecule has 2 atom stereocenters. The minimum Gasteiger partial charge on any atom is -0.328 e. The predicted molar refractivity (Wildman–Crippen MR) is 66.0 cm³/mol. The summed E-state index contributed by atoms with van der Waals surface area (Å²) in [6, 6.07) is 0.108. The number of hydrogen-bond donors (Lipinski definition) is 1. The molecule has 2 aliphatic rings. The predicted octanol–water partition coefficient (Wildman–Crippen LogP) is 1.86. The molecule has 2 aliphatic carbocycles. The molecule has 2 saturated carbocycles. The Hall–Kier alpha value is -0.0900. The zero-order chi connectivity index (χ0) is 11.6. The van der Waals surface area contributed by atoms with E-state index in [1.54, 1.807) is 0 Å². The summed E-state index contributed by atoms with van der Waals surface area (Å²) in [5.74, 6) is 0.854. The third-order valence-electron chi connectivity index (χ3n) is 4.12. The maximum atomic E-state index is 12.2. The van der Waals surface area contributed by atoms with Gasteiger partial charge in [0.25, 0.3) is 0 Å². The summed E-state index contributed by atoms with van der Waals surface area (Å²) in [6.07, 6.45) is 8.15. The molecule has 2 rings (SSSR count).